The maximum atomic E-state index is 4.98. The van der Waals surface area contributed by atoms with Crippen molar-refractivity contribution in [1.29, 1.82) is 0 Å². The number of hydrogen-bond acceptors (Lipinski definition) is 2. The topological polar surface area (TPSA) is 24.7 Å². The largest absolute Gasteiger partial charge is 0.257 e. The van der Waals surface area contributed by atoms with E-state index in [4.69, 9.17) is 4.99 Å². The lowest BCUT2D eigenvalue weighted by molar-refractivity contribution is 0.660. The van der Waals surface area contributed by atoms with Crippen LogP contribution in [0.3, 0.4) is 0 Å². The predicted molar refractivity (Wildman–Crippen MR) is 144 cm³/mol. The van der Waals surface area contributed by atoms with Gasteiger partial charge in [-0.05, 0) is 72.5 Å². The Morgan fingerprint density at radius 3 is 2.12 bits per heavy atom. The monoisotopic (exact) mass is 430 g/mol. The first kappa shape index (κ1) is 22.4. The molecule has 2 aliphatic carbocycles. The summed E-state index contributed by atoms with van der Waals surface area (Å²) in [5, 5.41) is 0. The minimum absolute atomic E-state index is 0.112. The fraction of sp³-hybridized carbons (Fsp3) is 0.161. The van der Waals surface area contributed by atoms with Gasteiger partial charge >= 0.3 is 0 Å². The van der Waals surface area contributed by atoms with Crippen LogP contribution in [0.5, 0.6) is 0 Å². The van der Waals surface area contributed by atoms with Gasteiger partial charge in [0, 0.05) is 17.2 Å². The molecule has 0 aliphatic heterocycles. The zero-order valence-corrected chi connectivity index (χ0v) is 19.8. The van der Waals surface area contributed by atoms with Crippen molar-refractivity contribution in [2.45, 2.75) is 33.1 Å². The van der Waals surface area contributed by atoms with E-state index >= 15 is 0 Å². The molecule has 33 heavy (non-hydrogen) atoms. The minimum atomic E-state index is -0.112. The second-order valence-electron chi connectivity index (χ2n) is 8.64. The maximum absolute atomic E-state index is 4.98. The molecule has 0 unspecified atom stereocenters. The Kier molecular flexibility index (Phi) is 6.65. The fourth-order valence-electron chi connectivity index (χ4n) is 4.29. The molecule has 0 saturated carbocycles. The number of benzene rings is 2. The lowest BCUT2D eigenvalue weighted by Gasteiger charge is -2.22. The fourth-order valence-corrected chi connectivity index (χ4v) is 4.29. The lowest BCUT2D eigenvalue weighted by Crippen LogP contribution is -2.14. The average Bonchev–Trinajstić information content (AvgIpc) is 3.04. The number of hydrogen-bond donors (Lipinski definition) is 0. The van der Waals surface area contributed by atoms with Crippen LogP contribution in [-0.2, 0) is 5.41 Å². The van der Waals surface area contributed by atoms with Crippen LogP contribution in [0, 0.1) is 0 Å². The van der Waals surface area contributed by atoms with Crippen molar-refractivity contribution in [3.05, 3.63) is 120 Å². The molecule has 0 fully saturated rings. The van der Waals surface area contributed by atoms with Gasteiger partial charge in [-0.2, -0.15) is 0 Å². The van der Waals surface area contributed by atoms with Gasteiger partial charge in [0.1, 0.15) is 0 Å². The molecule has 0 amide bonds. The van der Waals surface area contributed by atoms with Crippen LogP contribution in [0.15, 0.2) is 119 Å². The van der Waals surface area contributed by atoms with E-state index in [1.807, 2.05) is 68.7 Å². The van der Waals surface area contributed by atoms with E-state index in [1.54, 1.807) is 0 Å². The standard InChI is InChI=1S/C31H30N2/c1-5-7-9-12-20-32-24-16-18-26-27-19-17-25(22-29(27)31(3,4)28(26)21-24)33-30-15-11-10-14-23(30)13-8-6-2/h5-22H,1-4H3/b7-5-,8-6-,12-9-,23-13-,32-20?,33-30?. The molecule has 2 aromatic carbocycles. The first-order valence-electron chi connectivity index (χ1n) is 11.4. The molecule has 0 spiro atoms. The maximum Gasteiger partial charge on any atom is 0.0709 e. The summed E-state index contributed by atoms with van der Waals surface area (Å²) in [5.74, 6) is 0. The first-order valence-corrected chi connectivity index (χ1v) is 11.4. The van der Waals surface area contributed by atoms with E-state index in [2.05, 4.69) is 73.5 Å². The van der Waals surface area contributed by atoms with Crippen LogP contribution in [0.25, 0.3) is 11.1 Å². The van der Waals surface area contributed by atoms with Gasteiger partial charge in [-0.1, -0.05) is 80.7 Å². The SMILES string of the molecule is C/C=C\C=C/C=Nc1ccc2c(c1)C(C)(C)c1cc(N=C3C=CC=C/C3=C/C=C\C)ccc1-2. The Hall–Kier alpha value is -3.78. The van der Waals surface area contributed by atoms with Crippen LogP contribution < -0.4 is 0 Å². The number of rotatable bonds is 5. The van der Waals surface area contributed by atoms with E-state index in [1.165, 1.54) is 22.3 Å². The highest BCUT2D eigenvalue weighted by atomic mass is 14.7. The molecule has 2 aromatic rings. The highest BCUT2D eigenvalue weighted by molar-refractivity contribution is 6.12. The summed E-state index contributed by atoms with van der Waals surface area (Å²) < 4.78 is 0. The number of nitrogens with zero attached hydrogens (tertiary/aromatic N) is 2. The molecule has 0 saturated heterocycles. The van der Waals surface area contributed by atoms with Crippen LogP contribution in [0.2, 0.25) is 0 Å². The number of fused-ring (bicyclic) bond motifs is 3. The first-order chi connectivity index (χ1) is 16.0. The van der Waals surface area contributed by atoms with Gasteiger partial charge in [-0.3, -0.25) is 4.99 Å². The summed E-state index contributed by atoms with van der Waals surface area (Å²) in [6.07, 6.45) is 24.2. The van der Waals surface area contributed by atoms with E-state index in [0.717, 1.165) is 22.7 Å². The molecule has 0 bridgehead atoms. The second kappa shape index (κ2) is 9.79. The van der Waals surface area contributed by atoms with E-state index < -0.39 is 0 Å². The normalized spacial score (nSPS) is 19.2. The second-order valence-corrected chi connectivity index (χ2v) is 8.64. The van der Waals surface area contributed by atoms with Gasteiger partial charge in [-0.15, -0.1) is 0 Å². The summed E-state index contributed by atoms with van der Waals surface area (Å²) in [4.78, 5) is 9.60. The third kappa shape index (κ3) is 4.70. The van der Waals surface area contributed by atoms with Gasteiger partial charge in [0.15, 0.2) is 0 Å². The van der Waals surface area contributed by atoms with E-state index in [9.17, 15) is 0 Å². The molecule has 164 valence electrons. The van der Waals surface area contributed by atoms with Crippen LogP contribution >= 0.6 is 0 Å². The van der Waals surface area contributed by atoms with Crippen LogP contribution in [0.4, 0.5) is 11.4 Å². The molecule has 0 atom stereocenters. The summed E-state index contributed by atoms with van der Waals surface area (Å²) in [6.45, 7) is 8.60. The van der Waals surface area contributed by atoms with Crippen molar-refractivity contribution in [3.8, 4) is 11.1 Å². The Morgan fingerprint density at radius 2 is 1.39 bits per heavy atom. The average molecular weight is 431 g/mol. The quantitative estimate of drug-likeness (QED) is 0.335. The van der Waals surface area contributed by atoms with E-state index in [0.29, 0.717) is 0 Å². The summed E-state index contributed by atoms with van der Waals surface area (Å²) in [5.41, 5.74) is 9.11. The lowest BCUT2D eigenvalue weighted by atomic mass is 9.82. The van der Waals surface area contributed by atoms with Crippen LogP contribution in [0.1, 0.15) is 38.8 Å². The number of allylic oxidation sites excluding steroid dienone is 12. The van der Waals surface area contributed by atoms with Gasteiger partial charge < -0.3 is 0 Å². The smallest absolute Gasteiger partial charge is 0.0709 e. The third-order valence-electron chi connectivity index (χ3n) is 6.02. The summed E-state index contributed by atoms with van der Waals surface area (Å²) in [7, 11) is 0. The molecule has 4 rings (SSSR count). The summed E-state index contributed by atoms with van der Waals surface area (Å²) >= 11 is 0. The Morgan fingerprint density at radius 1 is 0.727 bits per heavy atom. The highest BCUT2D eigenvalue weighted by Crippen LogP contribution is 2.50. The van der Waals surface area contributed by atoms with Crippen molar-refractivity contribution < 1.29 is 0 Å². The Labute approximate surface area is 197 Å². The summed E-state index contributed by atoms with van der Waals surface area (Å²) in [6, 6.07) is 13.1. The van der Waals surface area contributed by atoms with Gasteiger partial charge in [-0.25, -0.2) is 4.99 Å². The van der Waals surface area contributed by atoms with Crippen LogP contribution in [-0.4, -0.2) is 11.9 Å². The van der Waals surface area contributed by atoms with Crippen molar-refractivity contribution in [2.75, 3.05) is 0 Å². The third-order valence-corrected chi connectivity index (χ3v) is 6.02. The molecule has 0 N–H and O–H groups in total. The predicted octanol–water partition coefficient (Wildman–Crippen LogP) is 8.53. The van der Waals surface area contributed by atoms with Gasteiger partial charge in [0.2, 0.25) is 0 Å². The molecule has 2 nitrogen and oxygen atoms in total. The Bertz CT molecular complexity index is 1290. The molecule has 0 radical (unpaired) electrons. The van der Waals surface area contributed by atoms with Crippen molar-refractivity contribution in [1.82, 2.24) is 0 Å². The Balaban J connectivity index is 1.68. The van der Waals surface area contributed by atoms with Gasteiger partial charge in [0.25, 0.3) is 0 Å². The van der Waals surface area contributed by atoms with E-state index in [-0.39, 0.29) is 5.41 Å². The van der Waals surface area contributed by atoms with Gasteiger partial charge in [0.05, 0.1) is 17.1 Å². The molecule has 2 aliphatic rings. The highest BCUT2D eigenvalue weighted by Gasteiger charge is 2.35. The molecule has 0 heterocycles. The molecular weight excluding hydrogens is 400 g/mol. The van der Waals surface area contributed by atoms with Crippen molar-refractivity contribution in [3.63, 3.8) is 0 Å². The number of aliphatic imine (C=N–C) groups is 2. The minimum Gasteiger partial charge on any atom is -0.257 e. The zero-order valence-electron chi connectivity index (χ0n) is 19.8. The van der Waals surface area contributed by atoms with Crippen molar-refractivity contribution in [2.24, 2.45) is 9.98 Å². The molecular formula is C31H30N2. The molecule has 0 aromatic heterocycles. The van der Waals surface area contributed by atoms with Crippen molar-refractivity contribution >= 4 is 23.3 Å². The molecule has 2 heteroatoms. The zero-order chi connectivity index (χ0) is 23.3.